The van der Waals surface area contributed by atoms with Crippen molar-refractivity contribution >= 4 is 11.6 Å². The summed E-state index contributed by atoms with van der Waals surface area (Å²) in [4.78, 5) is 4.17. The third-order valence-corrected chi connectivity index (χ3v) is 4.01. The van der Waals surface area contributed by atoms with Crippen LogP contribution in [0.3, 0.4) is 0 Å². The SMILES string of the molecule is CC(NC1Cc2ccc(Cl)cc2C1)c1cccnc1. The Morgan fingerprint density at radius 1 is 1.26 bits per heavy atom. The Morgan fingerprint density at radius 2 is 2.11 bits per heavy atom. The molecule has 0 amide bonds. The second-order valence-corrected chi connectivity index (χ2v) is 5.63. The summed E-state index contributed by atoms with van der Waals surface area (Å²) in [6.07, 6.45) is 5.87. The van der Waals surface area contributed by atoms with E-state index in [-0.39, 0.29) is 0 Å². The standard InChI is InChI=1S/C16H17ClN2/c1-11(13-3-2-6-18-10-13)19-16-8-12-4-5-15(17)7-14(12)9-16/h2-7,10-11,16,19H,8-9H2,1H3. The molecule has 1 N–H and O–H groups in total. The van der Waals surface area contributed by atoms with Gasteiger partial charge in [0.05, 0.1) is 0 Å². The number of benzene rings is 1. The molecule has 3 heteroatoms. The maximum atomic E-state index is 6.04. The largest absolute Gasteiger partial charge is 0.307 e. The number of hydrogen-bond acceptors (Lipinski definition) is 2. The normalized spacial score (nSPS) is 19.2. The molecular formula is C16H17ClN2. The molecule has 2 unspecified atom stereocenters. The average molecular weight is 273 g/mol. The third-order valence-electron chi connectivity index (χ3n) is 3.77. The maximum Gasteiger partial charge on any atom is 0.0408 e. The lowest BCUT2D eigenvalue weighted by atomic mass is 10.1. The molecule has 0 saturated carbocycles. The van der Waals surface area contributed by atoms with Gasteiger partial charge in [0.25, 0.3) is 0 Å². The van der Waals surface area contributed by atoms with Crippen molar-refractivity contribution in [1.29, 1.82) is 0 Å². The minimum absolute atomic E-state index is 0.323. The van der Waals surface area contributed by atoms with E-state index < -0.39 is 0 Å². The minimum Gasteiger partial charge on any atom is -0.307 e. The van der Waals surface area contributed by atoms with Crippen molar-refractivity contribution in [2.75, 3.05) is 0 Å². The second-order valence-electron chi connectivity index (χ2n) is 5.19. The molecule has 2 nitrogen and oxygen atoms in total. The molecule has 0 saturated heterocycles. The number of halogens is 1. The zero-order valence-corrected chi connectivity index (χ0v) is 11.7. The number of rotatable bonds is 3. The molecule has 1 heterocycles. The molecule has 3 rings (SSSR count). The summed E-state index contributed by atoms with van der Waals surface area (Å²) in [5.41, 5.74) is 4.03. The summed E-state index contributed by atoms with van der Waals surface area (Å²) in [5, 5.41) is 4.51. The van der Waals surface area contributed by atoms with Gasteiger partial charge in [-0.3, -0.25) is 4.98 Å². The number of pyridine rings is 1. The van der Waals surface area contributed by atoms with E-state index in [0.29, 0.717) is 12.1 Å². The Labute approximate surface area is 118 Å². The molecule has 0 bridgehead atoms. The van der Waals surface area contributed by atoms with E-state index in [2.05, 4.69) is 35.4 Å². The van der Waals surface area contributed by atoms with Crippen LogP contribution in [0.5, 0.6) is 0 Å². The lowest BCUT2D eigenvalue weighted by molar-refractivity contribution is 0.467. The summed E-state index contributed by atoms with van der Waals surface area (Å²) in [7, 11) is 0. The molecule has 1 aliphatic rings. The molecule has 1 aromatic carbocycles. The Balaban J connectivity index is 1.67. The smallest absolute Gasteiger partial charge is 0.0408 e. The highest BCUT2D eigenvalue weighted by molar-refractivity contribution is 6.30. The van der Waals surface area contributed by atoms with Crippen molar-refractivity contribution in [2.24, 2.45) is 0 Å². The van der Waals surface area contributed by atoms with Gasteiger partial charge in [0, 0.05) is 29.5 Å². The first-order chi connectivity index (χ1) is 9.22. The van der Waals surface area contributed by atoms with Crippen LogP contribution in [0.1, 0.15) is 29.7 Å². The van der Waals surface area contributed by atoms with Gasteiger partial charge in [-0.1, -0.05) is 23.7 Å². The molecule has 19 heavy (non-hydrogen) atoms. The van der Waals surface area contributed by atoms with Crippen LogP contribution in [0.4, 0.5) is 0 Å². The lowest BCUT2D eigenvalue weighted by Gasteiger charge is -2.19. The molecule has 0 radical (unpaired) electrons. The first-order valence-electron chi connectivity index (χ1n) is 6.65. The van der Waals surface area contributed by atoms with Crippen LogP contribution >= 0.6 is 11.6 Å². The first-order valence-corrected chi connectivity index (χ1v) is 7.03. The van der Waals surface area contributed by atoms with Gasteiger partial charge in [-0.15, -0.1) is 0 Å². The predicted molar refractivity (Wildman–Crippen MR) is 78.4 cm³/mol. The number of nitrogens with one attached hydrogen (secondary N) is 1. The molecule has 0 aliphatic heterocycles. The lowest BCUT2D eigenvalue weighted by Crippen LogP contribution is -2.32. The Hall–Kier alpha value is -1.38. The molecule has 0 spiro atoms. The van der Waals surface area contributed by atoms with Crippen molar-refractivity contribution in [3.05, 3.63) is 64.4 Å². The molecule has 98 valence electrons. The van der Waals surface area contributed by atoms with Gasteiger partial charge in [0.2, 0.25) is 0 Å². The predicted octanol–water partition coefficient (Wildman–Crippen LogP) is 3.55. The fraction of sp³-hybridized carbons (Fsp3) is 0.312. The molecule has 2 atom stereocenters. The highest BCUT2D eigenvalue weighted by atomic mass is 35.5. The van der Waals surface area contributed by atoms with Gasteiger partial charge in [-0.2, -0.15) is 0 Å². The fourth-order valence-corrected chi connectivity index (χ4v) is 2.98. The minimum atomic E-state index is 0.323. The van der Waals surface area contributed by atoms with Crippen molar-refractivity contribution in [3.8, 4) is 0 Å². The third kappa shape index (κ3) is 2.80. The van der Waals surface area contributed by atoms with Crippen LogP contribution in [0.15, 0.2) is 42.7 Å². The van der Waals surface area contributed by atoms with Crippen LogP contribution < -0.4 is 5.32 Å². The molecule has 1 aromatic heterocycles. The monoisotopic (exact) mass is 272 g/mol. The van der Waals surface area contributed by atoms with Gasteiger partial charge >= 0.3 is 0 Å². The summed E-state index contributed by atoms with van der Waals surface area (Å²) in [5.74, 6) is 0. The van der Waals surface area contributed by atoms with Crippen LogP contribution in [0.2, 0.25) is 5.02 Å². The van der Waals surface area contributed by atoms with Crippen LogP contribution in [0, 0.1) is 0 Å². The summed E-state index contributed by atoms with van der Waals surface area (Å²) in [6, 6.07) is 11.1. The van der Waals surface area contributed by atoms with Crippen molar-refractivity contribution in [3.63, 3.8) is 0 Å². The average Bonchev–Trinajstić information content (AvgIpc) is 2.81. The van der Waals surface area contributed by atoms with E-state index in [9.17, 15) is 0 Å². The Bertz CT molecular complexity index is 568. The van der Waals surface area contributed by atoms with E-state index in [0.717, 1.165) is 17.9 Å². The second kappa shape index (κ2) is 5.32. The molecule has 0 fully saturated rings. The zero-order valence-electron chi connectivity index (χ0n) is 10.9. The van der Waals surface area contributed by atoms with Gasteiger partial charge in [0.1, 0.15) is 0 Å². The van der Waals surface area contributed by atoms with Crippen molar-refractivity contribution in [1.82, 2.24) is 10.3 Å². The quantitative estimate of drug-likeness (QED) is 0.924. The number of fused-ring (bicyclic) bond motifs is 1. The highest BCUT2D eigenvalue weighted by Crippen LogP contribution is 2.26. The van der Waals surface area contributed by atoms with E-state index in [4.69, 9.17) is 11.6 Å². The number of hydrogen-bond donors (Lipinski definition) is 1. The number of aromatic nitrogens is 1. The van der Waals surface area contributed by atoms with E-state index in [1.165, 1.54) is 16.7 Å². The Kier molecular flexibility index (Phi) is 3.54. The molecule has 1 aliphatic carbocycles. The fourth-order valence-electron chi connectivity index (χ4n) is 2.79. The van der Waals surface area contributed by atoms with Gasteiger partial charge < -0.3 is 5.32 Å². The zero-order chi connectivity index (χ0) is 13.2. The topological polar surface area (TPSA) is 24.9 Å². The summed E-state index contributed by atoms with van der Waals surface area (Å²) < 4.78 is 0. The highest BCUT2D eigenvalue weighted by Gasteiger charge is 2.23. The maximum absolute atomic E-state index is 6.04. The van der Waals surface area contributed by atoms with E-state index in [1.807, 2.05) is 24.5 Å². The van der Waals surface area contributed by atoms with Gasteiger partial charge in [-0.25, -0.2) is 0 Å². The van der Waals surface area contributed by atoms with Crippen molar-refractivity contribution < 1.29 is 0 Å². The molecular weight excluding hydrogens is 256 g/mol. The van der Waals surface area contributed by atoms with Crippen LogP contribution in [-0.2, 0) is 12.8 Å². The van der Waals surface area contributed by atoms with Crippen LogP contribution in [-0.4, -0.2) is 11.0 Å². The van der Waals surface area contributed by atoms with Crippen LogP contribution in [0.25, 0.3) is 0 Å². The van der Waals surface area contributed by atoms with Gasteiger partial charge in [-0.05, 0) is 54.7 Å². The summed E-state index contributed by atoms with van der Waals surface area (Å²) in [6.45, 7) is 2.19. The Morgan fingerprint density at radius 3 is 2.89 bits per heavy atom. The summed E-state index contributed by atoms with van der Waals surface area (Å²) >= 11 is 6.04. The number of nitrogens with zero attached hydrogens (tertiary/aromatic N) is 1. The van der Waals surface area contributed by atoms with Crippen molar-refractivity contribution in [2.45, 2.75) is 31.8 Å². The van der Waals surface area contributed by atoms with E-state index in [1.54, 1.807) is 0 Å². The molecule has 2 aromatic rings. The first kappa shape index (κ1) is 12.6. The van der Waals surface area contributed by atoms with Gasteiger partial charge in [0.15, 0.2) is 0 Å². The van der Waals surface area contributed by atoms with E-state index >= 15 is 0 Å².